The van der Waals surface area contributed by atoms with Crippen LogP contribution in [0.2, 0.25) is 0 Å². The van der Waals surface area contributed by atoms with Gasteiger partial charge in [-0.05, 0) is 17.7 Å². The van der Waals surface area contributed by atoms with E-state index in [-0.39, 0.29) is 22.8 Å². The van der Waals surface area contributed by atoms with Gasteiger partial charge in [0.1, 0.15) is 0 Å². The highest BCUT2D eigenvalue weighted by Crippen LogP contribution is 2.32. The van der Waals surface area contributed by atoms with E-state index >= 15 is 0 Å². The molecule has 0 atom stereocenters. The number of rotatable bonds is 3. The van der Waals surface area contributed by atoms with Crippen LogP contribution in [0, 0.1) is 0 Å². The minimum Gasteiger partial charge on any atom is -0.326 e. The summed E-state index contributed by atoms with van der Waals surface area (Å²) in [5.41, 5.74) is 4.53. The van der Waals surface area contributed by atoms with Gasteiger partial charge >= 0.3 is 6.18 Å². The second-order valence-electron chi connectivity index (χ2n) is 3.43. The number of hydrogen-bond acceptors (Lipinski definition) is 3. The molecule has 0 aliphatic rings. The smallest absolute Gasteiger partial charge is 0.326 e. The molecule has 0 saturated heterocycles. The van der Waals surface area contributed by atoms with E-state index < -0.39 is 21.6 Å². The summed E-state index contributed by atoms with van der Waals surface area (Å²) in [6.07, 6.45) is -4.56. The lowest BCUT2D eigenvalue weighted by molar-refractivity contribution is -0.137. The number of nitrogens with two attached hydrogens (primary N) is 1. The molecule has 0 spiro atoms. The van der Waals surface area contributed by atoms with E-state index in [1.54, 1.807) is 0 Å². The van der Waals surface area contributed by atoms with E-state index in [9.17, 15) is 21.6 Å². The van der Waals surface area contributed by atoms with Crippen molar-refractivity contribution < 1.29 is 21.6 Å². The normalized spacial score (nSPS) is 12.8. The summed E-state index contributed by atoms with van der Waals surface area (Å²) in [6, 6.07) is 2.57. The molecule has 7 heteroatoms. The summed E-state index contributed by atoms with van der Waals surface area (Å²) >= 11 is 0. The van der Waals surface area contributed by atoms with Gasteiger partial charge in [-0.1, -0.05) is 13.0 Å². The topological polar surface area (TPSA) is 60.2 Å². The van der Waals surface area contributed by atoms with E-state index in [1.807, 2.05) is 0 Å². The molecule has 0 aromatic heterocycles. The van der Waals surface area contributed by atoms with Crippen LogP contribution in [0.15, 0.2) is 23.1 Å². The molecule has 1 aromatic carbocycles. The van der Waals surface area contributed by atoms with E-state index in [0.717, 1.165) is 12.1 Å². The van der Waals surface area contributed by atoms with Crippen LogP contribution in [-0.2, 0) is 22.6 Å². The Balaban J connectivity index is 3.46. The molecule has 0 saturated carbocycles. The summed E-state index contributed by atoms with van der Waals surface area (Å²) in [5.74, 6) is -0.263. The van der Waals surface area contributed by atoms with Crippen LogP contribution in [0.1, 0.15) is 18.1 Å². The monoisotopic (exact) mass is 267 g/mol. The van der Waals surface area contributed by atoms with Crippen LogP contribution in [0.25, 0.3) is 0 Å². The lowest BCUT2D eigenvalue weighted by atomic mass is 10.1. The van der Waals surface area contributed by atoms with Crippen LogP contribution < -0.4 is 5.73 Å². The fourth-order valence-electron chi connectivity index (χ4n) is 1.34. The largest absolute Gasteiger partial charge is 0.416 e. The molecule has 0 fully saturated rings. The molecular formula is C10H12F3NO2S. The van der Waals surface area contributed by atoms with E-state index in [4.69, 9.17) is 5.73 Å². The summed E-state index contributed by atoms with van der Waals surface area (Å²) < 4.78 is 60.7. The van der Waals surface area contributed by atoms with Crippen LogP contribution in [0.5, 0.6) is 0 Å². The maximum absolute atomic E-state index is 12.5. The van der Waals surface area contributed by atoms with Crippen molar-refractivity contribution in [2.45, 2.75) is 24.5 Å². The van der Waals surface area contributed by atoms with Crippen molar-refractivity contribution in [3.63, 3.8) is 0 Å². The Morgan fingerprint density at radius 1 is 1.29 bits per heavy atom. The molecule has 0 bridgehead atoms. The lowest BCUT2D eigenvalue weighted by Gasteiger charge is -2.12. The van der Waals surface area contributed by atoms with Crippen molar-refractivity contribution in [3.05, 3.63) is 29.3 Å². The zero-order valence-electron chi connectivity index (χ0n) is 9.08. The van der Waals surface area contributed by atoms with Crippen LogP contribution in [0.4, 0.5) is 13.2 Å². The number of halogens is 3. The lowest BCUT2D eigenvalue weighted by Crippen LogP contribution is -2.13. The Morgan fingerprint density at radius 3 is 2.29 bits per heavy atom. The fraction of sp³-hybridized carbons (Fsp3) is 0.400. The van der Waals surface area contributed by atoms with E-state index in [1.165, 1.54) is 6.92 Å². The van der Waals surface area contributed by atoms with Gasteiger partial charge in [0, 0.05) is 6.54 Å². The zero-order chi connectivity index (χ0) is 13.3. The fourth-order valence-corrected chi connectivity index (χ4v) is 2.51. The van der Waals surface area contributed by atoms with Gasteiger partial charge in [-0.3, -0.25) is 0 Å². The highest BCUT2D eigenvalue weighted by Gasteiger charge is 2.32. The van der Waals surface area contributed by atoms with Crippen molar-refractivity contribution in [1.82, 2.24) is 0 Å². The Bertz CT molecular complexity index is 509. The van der Waals surface area contributed by atoms with Crippen molar-refractivity contribution in [2.75, 3.05) is 5.75 Å². The average Bonchev–Trinajstić information content (AvgIpc) is 2.27. The summed E-state index contributed by atoms with van der Waals surface area (Å²) in [4.78, 5) is -0.336. The van der Waals surface area contributed by atoms with Gasteiger partial charge in [-0.2, -0.15) is 13.2 Å². The SMILES string of the molecule is CCS(=O)(=O)c1cc(C(F)(F)F)ccc1CN. The Morgan fingerprint density at radius 2 is 1.88 bits per heavy atom. The standard InChI is InChI=1S/C10H12F3NO2S/c1-2-17(15,16)9-5-8(10(11,12)13)4-3-7(9)6-14/h3-5H,2,6,14H2,1H3. The summed E-state index contributed by atoms with van der Waals surface area (Å²) in [5, 5.41) is 0. The maximum Gasteiger partial charge on any atom is 0.416 e. The molecule has 2 N–H and O–H groups in total. The van der Waals surface area contributed by atoms with Crippen molar-refractivity contribution in [2.24, 2.45) is 5.73 Å². The molecular weight excluding hydrogens is 255 g/mol. The van der Waals surface area contributed by atoms with Gasteiger partial charge in [0.15, 0.2) is 9.84 Å². The molecule has 0 heterocycles. The van der Waals surface area contributed by atoms with Gasteiger partial charge in [0.25, 0.3) is 0 Å². The van der Waals surface area contributed by atoms with Gasteiger partial charge < -0.3 is 5.73 Å². The van der Waals surface area contributed by atoms with Crippen molar-refractivity contribution >= 4 is 9.84 Å². The highest BCUT2D eigenvalue weighted by molar-refractivity contribution is 7.91. The molecule has 0 unspecified atom stereocenters. The van der Waals surface area contributed by atoms with Crippen molar-refractivity contribution in [3.8, 4) is 0 Å². The first kappa shape index (κ1) is 14.0. The molecule has 1 aromatic rings. The second-order valence-corrected chi connectivity index (χ2v) is 5.67. The first-order valence-electron chi connectivity index (χ1n) is 4.85. The Kier molecular flexibility index (Phi) is 3.83. The molecule has 0 amide bonds. The number of sulfone groups is 1. The van der Waals surface area contributed by atoms with Crippen LogP contribution in [0.3, 0.4) is 0 Å². The quantitative estimate of drug-likeness (QED) is 0.910. The molecule has 0 aliphatic carbocycles. The summed E-state index contributed by atoms with van der Waals surface area (Å²) in [7, 11) is -3.70. The third-order valence-corrected chi connectivity index (χ3v) is 4.14. The first-order valence-corrected chi connectivity index (χ1v) is 6.50. The van der Waals surface area contributed by atoms with Gasteiger partial charge in [0.05, 0.1) is 16.2 Å². The second kappa shape index (κ2) is 4.66. The number of alkyl halides is 3. The molecule has 17 heavy (non-hydrogen) atoms. The predicted octanol–water partition coefficient (Wildman–Crippen LogP) is 1.96. The van der Waals surface area contributed by atoms with Crippen molar-refractivity contribution in [1.29, 1.82) is 0 Å². The Hall–Kier alpha value is -1.08. The maximum atomic E-state index is 12.5. The molecule has 96 valence electrons. The third kappa shape index (κ3) is 2.98. The minimum atomic E-state index is -4.56. The first-order chi connectivity index (χ1) is 7.72. The van der Waals surface area contributed by atoms with Gasteiger partial charge in [0.2, 0.25) is 0 Å². The summed E-state index contributed by atoms with van der Waals surface area (Å²) in [6.45, 7) is 1.25. The molecule has 3 nitrogen and oxygen atoms in total. The van der Waals surface area contributed by atoms with Crippen LogP contribution >= 0.6 is 0 Å². The molecule has 0 aliphatic heterocycles. The molecule has 0 radical (unpaired) electrons. The number of benzene rings is 1. The zero-order valence-corrected chi connectivity index (χ0v) is 9.90. The van der Waals surface area contributed by atoms with E-state index in [2.05, 4.69) is 0 Å². The van der Waals surface area contributed by atoms with Crippen LogP contribution in [-0.4, -0.2) is 14.2 Å². The van der Waals surface area contributed by atoms with Gasteiger partial charge in [-0.15, -0.1) is 0 Å². The molecule has 1 rings (SSSR count). The minimum absolute atomic E-state index is 0.118. The Labute approximate surface area is 97.4 Å². The van der Waals surface area contributed by atoms with Gasteiger partial charge in [-0.25, -0.2) is 8.42 Å². The predicted molar refractivity (Wildman–Crippen MR) is 57.1 cm³/mol. The highest BCUT2D eigenvalue weighted by atomic mass is 32.2. The third-order valence-electron chi connectivity index (χ3n) is 2.33. The van der Waals surface area contributed by atoms with E-state index in [0.29, 0.717) is 6.07 Å². The average molecular weight is 267 g/mol. The number of hydrogen-bond donors (Lipinski definition) is 1.